The molecule has 1 aromatic rings. The van der Waals surface area contributed by atoms with Crippen molar-refractivity contribution < 1.29 is 4.79 Å². The van der Waals surface area contributed by atoms with Gasteiger partial charge in [0.05, 0.1) is 11.1 Å². The van der Waals surface area contributed by atoms with Gasteiger partial charge in [0.1, 0.15) is 5.82 Å². The maximum atomic E-state index is 12.4. The van der Waals surface area contributed by atoms with Gasteiger partial charge < -0.3 is 16.0 Å². The smallest absolute Gasteiger partial charge is 0.253 e. The Labute approximate surface area is 150 Å². The summed E-state index contributed by atoms with van der Waals surface area (Å²) >= 11 is 0. The minimum atomic E-state index is -0.204. The van der Waals surface area contributed by atoms with Gasteiger partial charge in [-0.05, 0) is 37.8 Å². The van der Waals surface area contributed by atoms with Crippen LogP contribution in [0.4, 0.5) is 5.82 Å². The Bertz CT molecular complexity index is 497. The third kappa shape index (κ3) is 4.49. The van der Waals surface area contributed by atoms with Crippen LogP contribution in [0.2, 0.25) is 0 Å². The molecule has 0 aromatic carbocycles. The Morgan fingerprint density at radius 1 is 1.17 bits per heavy atom. The monoisotopic (exact) mass is 360 g/mol. The number of halogens is 2. The summed E-state index contributed by atoms with van der Waals surface area (Å²) < 4.78 is 0. The summed E-state index contributed by atoms with van der Waals surface area (Å²) in [6.07, 6.45) is 8.38. The molecule has 7 heteroatoms. The van der Waals surface area contributed by atoms with Crippen LogP contribution in [-0.4, -0.2) is 36.1 Å². The van der Waals surface area contributed by atoms with Crippen molar-refractivity contribution in [3.63, 3.8) is 0 Å². The van der Waals surface area contributed by atoms with Gasteiger partial charge in [0, 0.05) is 25.8 Å². The molecule has 1 aromatic heterocycles. The number of nitrogens with one attached hydrogen (secondary N) is 1. The second-order valence-corrected chi connectivity index (χ2v) is 6.24. The second kappa shape index (κ2) is 8.71. The van der Waals surface area contributed by atoms with Gasteiger partial charge in [-0.2, -0.15) is 0 Å². The maximum Gasteiger partial charge on any atom is 0.253 e. The molecule has 2 fully saturated rings. The van der Waals surface area contributed by atoms with Crippen molar-refractivity contribution in [2.24, 2.45) is 5.73 Å². The molecular weight excluding hydrogens is 335 g/mol. The molecule has 0 spiro atoms. The lowest BCUT2D eigenvalue weighted by atomic mass is 9.97. The molecule has 1 amide bonds. The zero-order valence-electron chi connectivity index (χ0n) is 13.3. The SMILES string of the molecule is Cl.Cl.NCC1(NC(=O)c2ccc(N3CCCC3)nc2)CCCC1. The largest absolute Gasteiger partial charge is 0.357 e. The molecule has 130 valence electrons. The number of nitrogens with two attached hydrogens (primary N) is 1. The summed E-state index contributed by atoms with van der Waals surface area (Å²) in [7, 11) is 0. The number of hydrogen-bond donors (Lipinski definition) is 2. The van der Waals surface area contributed by atoms with Crippen LogP contribution in [0.1, 0.15) is 48.9 Å². The van der Waals surface area contributed by atoms with E-state index in [-0.39, 0.29) is 36.3 Å². The maximum absolute atomic E-state index is 12.4. The molecule has 1 aliphatic heterocycles. The van der Waals surface area contributed by atoms with Crippen molar-refractivity contribution in [2.75, 3.05) is 24.5 Å². The number of aromatic nitrogens is 1. The van der Waals surface area contributed by atoms with E-state index in [1.807, 2.05) is 12.1 Å². The van der Waals surface area contributed by atoms with Gasteiger partial charge in [-0.1, -0.05) is 12.8 Å². The van der Waals surface area contributed by atoms with E-state index >= 15 is 0 Å². The zero-order valence-corrected chi connectivity index (χ0v) is 14.9. The number of carbonyl (C=O) groups is 1. The van der Waals surface area contributed by atoms with E-state index in [0.29, 0.717) is 12.1 Å². The molecule has 3 N–H and O–H groups in total. The van der Waals surface area contributed by atoms with Crippen molar-refractivity contribution in [2.45, 2.75) is 44.1 Å². The number of amides is 1. The van der Waals surface area contributed by atoms with Crippen molar-refractivity contribution in [1.82, 2.24) is 10.3 Å². The highest BCUT2D eigenvalue weighted by molar-refractivity contribution is 5.94. The molecule has 2 heterocycles. The third-order valence-electron chi connectivity index (χ3n) is 4.77. The fourth-order valence-corrected chi connectivity index (χ4v) is 3.40. The van der Waals surface area contributed by atoms with Crippen LogP contribution < -0.4 is 16.0 Å². The number of hydrogen-bond acceptors (Lipinski definition) is 4. The summed E-state index contributed by atoms with van der Waals surface area (Å²) in [5.74, 6) is 0.918. The van der Waals surface area contributed by atoms with E-state index in [0.717, 1.165) is 44.6 Å². The third-order valence-corrected chi connectivity index (χ3v) is 4.77. The molecule has 23 heavy (non-hydrogen) atoms. The van der Waals surface area contributed by atoms with E-state index in [9.17, 15) is 4.79 Å². The summed E-state index contributed by atoms with van der Waals surface area (Å²) in [5.41, 5.74) is 6.28. The lowest BCUT2D eigenvalue weighted by Gasteiger charge is -2.28. The lowest BCUT2D eigenvalue weighted by molar-refractivity contribution is 0.0903. The number of rotatable bonds is 4. The fraction of sp³-hybridized carbons (Fsp3) is 0.625. The van der Waals surface area contributed by atoms with Crippen LogP contribution in [0.3, 0.4) is 0 Å². The number of nitrogens with zero attached hydrogens (tertiary/aromatic N) is 2. The summed E-state index contributed by atoms with van der Waals surface area (Å²) in [6, 6.07) is 3.82. The van der Waals surface area contributed by atoms with Crippen LogP contribution in [0.25, 0.3) is 0 Å². The normalized spacial score (nSPS) is 18.9. The van der Waals surface area contributed by atoms with E-state index < -0.39 is 0 Å². The van der Waals surface area contributed by atoms with Gasteiger partial charge in [-0.3, -0.25) is 4.79 Å². The Hall–Kier alpha value is -1.04. The van der Waals surface area contributed by atoms with Gasteiger partial charge in [-0.25, -0.2) is 4.98 Å². The molecule has 1 saturated heterocycles. The topological polar surface area (TPSA) is 71.2 Å². The first-order valence-corrected chi connectivity index (χ1v) is 7.96. The van der Waals surface area contributed by atoms with Crippen LogP contribution in [-0.2, 0) is 0 Å². The van der Waals surface area contributed by atoms with Crippen LogP contribution in [0.5, 0.6) is 0 Å². The number of pyridine rings is 1. The Balaban J connectivity index is 0.00000132. The molecule has 5 nitrogen and oxygen atoms in total. The van der Waals surface area contributed by atoms with E-state index in [2.05, 4.69) is 15.2 Å². The van der Waals surface area contributed by atoms with Crippen molar-refractivity contribution in [3.05, 3.63) is 23.9 Å². The number of carbonyl (C=O) groups excluding carboxylic acids is 1. The Morgan fingerprint density at radius 2 is 1.83 bits per heavy atom. The van der Waals surface area contributed by atoms with Crippen LogP contribution in [0.15, 0.2) is 18.3 Å². The Kier molecular flexibility index (Phi) is 7.58. The van der Waals surface area contributed by atoms with Gasteiger partial charge in [0.25, 0.3) is 5.91 Å². The summed E-state index contributed by atoms with van der Waals surface area (Å²) in [5, 5.41) is 3.13. The molecule has 0 unspecified atom stereocenters. The zero-order chi connectivity index (χ0) is 14.7. The van der Waals surface area contributed by atoms with Gasteiger partial charge in [-0.15, -0.1) is 24.8 Å². The molecular formula is C16H26Cl2N4O. The average Bonchev–Trinajstić information content (AvgIpc) is 3.19. The lowest BCUT2D eigenvalue weighted by Crippen LogP contribution is -2.51. The predicted octanol–water partition coefficient (Wildman–Crippen LogP) is 2.53. The molecule has 0 bridgehead atoms. The molecule has 2 aliphatic rings. The minimum absolute atomic E-state index is 0. The van der Waals surface area contributed by atoms with Crippen molar-refractivity contribution in [1.29, 1.82) is 0 Å². The van der Waals surface area contributed by atoms with Gasteiger partial charge in [0.15, 0.2) is 0 Å². The quantitative estimate of drug-likeness (QED) is 0.865. The first kappa shape index (κ1) is 20.0. The molecule has 1 aliphatic carbocycles. The highest BCUT2D eigenvalue weighted by atomic mass is 35.5. The first-order chi connectivity index (χ1) is 10.2. The first-order valence-electron chi connectivity index (χ1n) is 7.96. The van der Waals surface area contributed by atoms with Gasteiger partial charge in [0.2, 0.25) is 0 Å². The standard InChI is InChI=1S/C16H24N4O.2ClH/c17-12-16(7-1-2-8-16)19-15(21)13-5-6-14(18-11-13)20-9-3-4-10-20;;/h5-6,11H,1-4,7-10,12,17H2,(H,19,21);2*1H. The molecule has 0 atom stereocenters. The number of anilines is 1. The summed E-state index contributed by atoms with van der Waals surface area (Å²) in [6.45, 7) is 2.64. The van der Waals surface area contributed by atoms with E-state index in [4.69, 9.17) is 5.73 Å². The van der Waals surface area contributed by atoms with E-state index in [1.165, 1.54) is 12.8 Å². The molecule has 1 saturated carbocycles. The highest BCUT2D eigenvalue weighted by Gasteiger charge is 2.34. The highest BCUT2D eigenvalue weighted by Crippen LogP contribution is 2.29. The predicted molar refractivity (Wildman–Crippen MR) is 97.9 cm³/mol. The minimum Gasteiger partial charge on any atom is -0.357 e. The summed E-state index contributed by atoms with van der Waals surface area (Å²) in [4.78, 5) is 19.1. The fourth-order valence-electron chi connectivity index (χ4n) is 3.40. The van der Waals surface area contributed by atoms with Crippen molar-refractivity contribution in [3.8, 4) is 0 Å². The van der Waals surface area contributed by atoms with Gasteiger partial charge >= 0.3 is 0 Å². The molecule has 0 radical (unpaired) electrons. The van der Waals surface area contributed by atoms with Crippen LogP contribution in [0, 0.1) is 0 Å². The average molecular weight is 361 g/mol. The van der Waals surface area contributed by atoms with E-state index in [1.54, 1.807) is 6.20 Å². The molecule has 3 rings (SSSR count). The Morgan fingerprint density at radius 3 is 2.35 bits per heavy atom. The van der Waals surface area contributed by atoms with Crippen LogP contribution >= 0.6 is 24.8 Å². The second-order valence-electron chi connectivity index (χ2n) is 6.24. The van der Waals surface area contributed by atoms with Crippen molar-refractivity contribution >= 4 is 36.5 Å².